The van der Waals surface area contributed by atoms with Gasteiger partial charge in [-0.2, -0.15) is 0 Å². The molecule has 17 heavy (non-hydrogen) atoms. The number of hydrogen-bond acceptors (Lipinski definition) is 3. The van der Waals surface area contributed by atoms with E-state index in [4.69, 9.17) is 5.73 Å². The largest absolute Gasteiger partial charge is 0.366 e. The van der Waals surface area contributed by atoms with Crippen LogP contribution in [0.2, 0.25) is 0 Å². The molecule has 0 radical (unpaired) electrons. The molecule has 0 aliphatic rings. The Kier molecular flexibility index (Phi) is 3.97. The Morgan fingerprint density at radius 1 is 1.53 bits per heavy atom. The lowest BCUT2D eigenvalue weighted by molar-refractivity contribution is 0.1000. The van der Waals surface area contributed by atoms with E-state index in [1.54, 1.807) is 0 Å². The summed E-state index contributed by atoms with van der Waals surface area (Å²) in [6.45, 7) is 3.29. The molecule has 1 amide bonds. The zero-order chi connectivity index (χ0) is 13.1. The van der Waals surface area contributed by atoms with Gasteiger partial charge in [0.25, 0.3) is 0 Å². The van der Waals surface area contributed by atoms with E-state index < -0.39 is 26.6 Å². The summed E-state index contributed by atoms with van der Waals surface area (Å²) in [6.07, 6.45) is 1.31. The van der Waals surface area contributed by atoms with Crippen molar-refractivity contribution in [2.24, 2.45) is 5.73 Å². The molecule has 0 saturated carbocycles. The van der Waals surface area contributed by atoms with Crippen molar-refractivity contribution in [1.29, 1.82) is 0 Å². The average Bonchev–Trinajstić information content (AvgIpc) is 2.26. The van der Waals surface area contributed by atoms with Gasteiger partial charge in [0.1, 0.15) is 10.7 Å². The fraction of sp³-hybridized carbons (Fsp3) is 0.100. The summed E-state index contributed by atoms with van der Waals surface area (Å²) in [7, 11) is -4.01. The Hall–Kier alpha value is -1.73. The number of carbonyl (C=O) groups is 1. The van der Waals surface area contributed by atoms with Gasteiger partial charge in [-0.15, -0.1) is 6.58 Å². The second kappa shape index (κ2) is 5.07. The van der Waals surface area contributed by atoms with Crippen molar-refractivity contribution in [2.75, 3.05) is 6.54 Å². The molecule has 3 N–H and O–H groups in total. The maximum absolute atomic E-state index is 13.4. The predicted molar refractivity (Wildman–Crippen MR) is 60.3 cm³/mol. The zero-order valence-corrected chi connectivity index (χ0v) is 9.63. The quantitative estimate of drug-likeness (QED) is 0.749. The number of carbonyl (C=O) groups excluding carboxylic acids is 1. The highest BCUT2D eigenvalue weighted by Crippen LogP contribution is 2.16. The number of halogens is 1. The molecule has 0 atom stereocenters. The number of amides is 1. The predicted octanol–water partition coefficient (Wildman–Crippen LogP) is 0.389. The highest BCUT2D eigenvalue weighted by Gasteiger charge is 2.19. The van der Waals surface area contributed by atoms with Crippen molar-refractivity contribution < 1.29 is 17.6 Å². The van der Waals surface area contributed by atoms with Crippen molar-refractivity contribution in [1.82, 2.24) is 4.72 Å². The van der Waals surface area contributed by atoms with Gasteiger partial charge in [0.2, 0.25) is 15.9 Å². The summed E-state index contributed by atoms with van der Waals surface area (Å²) in [5, 5.41) is 0. The smallest absolute Gasteiger partial charge is 0.248 e. The third-order valence-corrected chi connectivity index (χ3v) is 3.36. The normalized spacial score (nSPS) is 11.1. The Morgan fingerprint density at radius 2 is 2.18 bits per heavy atom. The first-order valence-corrected chi connectivity index (χ1v) is 6.06. The molecule has 0 fully saturated rings. The van der Waals surface area contributed by atoms with Crippen LogP contribution in [-0.2, 0) is 10.0 Å². The second-order valence-electron chi connectivity index (χ2n) is 3.15. The van der Waals surface area contributed by atoms with E-state index in [1.807, 2.05) is 0 Å². The van der Waals surface area contributed by atoms with Crippen LogP contribution in [0.4, 0.5) is 4.39 Å². The van der Waals surface area contributed by atoms with Crippen molar-refractivity contribution in [2.45, 2.75) is 4.90 Å². The number of sulfonamides is 1. The highest BCUT2D eigenvalue weighted by atomic mass is 32.2. The minimum atomic E-state index is -4.01. The number of primary amides is 1. The molecule has 0 saturated heterocycles. The van der Waals surface area contributed by atoms with E-state index in [9.17, 15) is 17.6 Å². The summed E-state index contributed by atoms with van der Waals surface area (Å²) in [6, 6.07) is 2.88. The SMILES string of the molecule is C=CCNS(=O)(=O)c1cc(C(N)=O)ccc1F. The van der Waals surface area contributed by atoms with Crippen LogP contribution in [0.5, 0.6) is 0 Å². The molecule has 1 aromatic rings. The molecule has 1 rings (SSSR count). The Labute approximate surface area is 98.2 Å². The lowest BCUT2D eigenvalue weighted by atomic mass is 10.2. The van der Waals surface area contributed by atoms with Crippen LogP contribution in [0.25, 0.3) is 0 Å². The number of nitrogens with two attached hydrogens (primary N) is 1. The molecule has 92 valence electrons. The monoisotopic (exact) mass is 258 g/mol. The molecule has 0 unspecified atom stereocenters. The van der Waals surface area contributed by atoms with Crippen LogP contribution in [0.1, 0.15) is 10.4 Å². The molecular weight excluding hydrogens is 247 g/mol. The van der Waals surface area contributed by atoms with Crippen LogP contribution in [0, 0.1) is 5.82 Å². The van der Waals surface area contributed by atoms with Crippen molar-refractivity contribution in [3.8, 4) is 0 Å². The third-order valence-electron chi connectivity index (χ3n) is 1.92. The summed E-state index contributed by atoms with van der Waals surface area (Å²) >= 11 is 0. The minimum Gasteiger partial charge on any atom is -0.366 e. The first-order chi connectivity index (χ1) is 7.88. The molecular formula is C10H11FN2O3S. The fourth-order valence-corrected chi connectivity index (χ4v) is 2.21. The Bertz CT molecular complexity index is 555. The Morgan fingerprint density at radius 3 is 2.71 bits per heavy atom. The minimum absolute atomic E-state index is 0.0391. The number of nitrogens with one attached hydrogen (secondary N) is 1. The van der Waals surface area contributed by atoms with Gasteiger partial charge < -0.3 is 5.73 Å². The molecule has 0 bridgehead atoms. The van der Waals surface area contributed by atoms with Gasteiger partial charge in [0.05, 0.1) is 0 Å². The average molecular weight is 258 g/mol. The van der Waals surface area contributed by atoms with E-state index in [0.29, 0.717) is 0 Å². The van der Waals surface area contributed by atoms with Crippen LogP contribution in [-0.4, -0.2) is 20.9 Å². The molecule has 0 spiro atoms. The molecule has 7 heteroatoms. The van der Waals surface area contributed by atoms with Gasteiger partial charge in [0, 0.05) is 12.1 Å². The standard InChI is InChI=1S/C10H11FN2O3S/c1-2-5-13-17(15,16)9-6-7(10(12)14)3-4-8(9)11/h2-4,6,13H,1,5H2,(H2,12,14). The van der Waals surface area contributed by atoms with Crippen LogP contribution in [0.15, 0.2) is 35.7 Å². The van der Waals surface area contributed by atoms with Gasteiger partial charge in [-0.3, -0.25) is 4.79 Å². The number of rotatable bonds is 5. The van der Waals surface area contributed by atoms with Gasteiger partial charge in [-0.1, -0.05) is 6.08 Å². The van der Waals surface area contributed by atoms with Crippen molar-refractivity contribution >= 4 is 15.9 Å². The molecule has 1 aromatic carbocycles. The molecule has 0 heterocycles. The second-order valence-corrected chi connectivity index (χ2v) is 4.89. The van der Waals surface area contributed by atoms with Gasteiger partial charge >= 0.3 is 0 Å². The topological polar surface area (TPSA) is 89.3 Å². The van der Waals surface area contributed by atoms with E-state index in [2.05, 4.69) is 11.3 Å². The zero-order valence-electron chi connectivity index (χ0n) is 8.81. The molecule has 0 aliphatic heterocycles. The number of benzene rings is 1. The third kappa shape index (κ3) is 3.11. The summed E-state index contributed by atoms with van der Waals surface area (Å²) < 4.78 is 38.7. The van der Waals surface area contributed by atoms with Crippen LogP contribution in [0.3, 0.4) is 0 Å². The van der Waals surface area contributed by atoms with E-state index in [1.165, 1.54) is 6.08 Å². The van der Waals surface area contributed by atoms with Crippen molar-refractivity contribution in [3.63, 3.8) is 0 Å². The van der Waals surface area contributed by atoms with Gasteiger partial charge in [-0.05, 0) is 18.2 Å². The summed E-state index contributed by atoms with van der Waals surface area (Å²) in [4.78, 5) is 10.3. The Balaban J connectivity index is 3.25. The maximum atomic E-state index is 13.4. The first-order valence-electron chi connectivity index (χ1n) is 4.58. The molecule has 0 aliphatic carbocycles. The van der Waals surface area contributed by atoms with Gasteiger partial charge in [-0.25, -0.2) is 17.5 Å². The lowest BCUT2D eigenvalue weighted by Crippen LogP contribution is -2.25. The molecule has 5 nitrogen and oxygen atoms in total. The summed E-state index contributed by atoms with van der Waals surface area (Å²) in [5.41, 5.74) is 4.90. The highest BCUT2D eigenvalue weighted by molar-refractivity contribution is 7.89. The fourth-order valence-electron chi connectivity index (χ4n) is 1.11. The van der Waals surface area contributed by atoms with E-state index >= 15 is 0 Å². The first kappa shape index (κ1) is 13.3. The van der Waals surface area contributed by atoms with Crippen LogP contribution < -0.4 is 10.5 Å². The van der Waals surface area contributed by atoms with Crippen molar-refractivity contribution in [3.05, 3.63) is 42.2 Å². The van der Waals surface area contributed by atoms with Crippen LogP contribution >= 0.6 is 0 Å². The van der Waals surface area contributed by atoms with Gasteiger partial charge in [0.15, 0.2) is 0 Å². The van der Waals surface area contributed by atoms with E-state index in [0.717, 1.165) is 18.2 Å². The molecule has 0 aromatic heterocycles. The summed E-state index contributed by atoms with van der Waals surface area (Å²) in [5.74, 6) is -1.78. The lowest BCUT2D eigenvalue weighted by Gasteiger charge is -2.06. The maximum Gasteiger partial charge on any atom is 0.248 e. The number of hydrogen-bond donors (Lipinski definition) is 2. The van der Waals surface area contributed by atoms with E-state index in [-0.39, 0.29) is 12.1 Å².